The summed E-state index contributed by atoms with van der Waals surface area (Å²) < 4.78 is 5.97. The lowest BCUT2D eigenvalue weighted by Gasteiger charge is -1.97. The Balaban J connectivity index is 2.30. The van der Waals surface area contributed by atoms with Crippen molar-refractivity contribution < 1.29 is 4.42 Å². The minimum absolute atomic E-state index is 0.762. The van der Waals surface area contributed by atoms with Crippen LogP contribution in [0.1, 0.15) is 0 Å². The molecule has 0 bridgehead atoms. The van der Waals surface area contributed by atoms with E-state index in [-0.39, 0.29) is 0 Å². The lowest BCUT2D eigenvalue weighted by atomic mass is 10.1. The molecule has 2 N–H and O–H groups in total. The Morgan fingerprint density at radius 3 is 2.61 bits per heavy atom. The van der Waals surface area contributed by atoms with E-state index >= 15 is 0 Å². The van der Waals surface area contributed by atoms with E-state index in [4.69, 9.17) is 10.2 Å². The molecule has 0 aliphatic carbocycles. The Kier molecular flexibility index (Phi) is 1.73. The quantitative estimate of drug-likeness (QED) is 0.459. The number of benzene rings is 3. The van der Waals surface area contributed by atoms with E-state index in [1.165, 1.54) is 5.39 Å². The molecule has 4 rings (SSSR count). The third-order valence-corrected chi connectivity index (χ3v) is 3.39. The molecule has 0 aliphatic rings. The van der Waals surface area contributed by atoms with Gasteiger partial charge in [-0.3, -0.25) is 0 Å². The fraction of sp³-hybridized carbons (Fsp3) is 0. The Bertz CT molecular complexity index is 889. The van der Waals surface area contributed by atoms with Crippen LogP contribution >= 0.6 is 0 Å². The molecule has 1 heterocycles. The van der Waals surface area contributed by atoms with Gasteiger partial charge in [0.05, 0.1) is 0 Å². The minimum Gasteiger partial charge on any atom is -0.455 e. The van der Waals surface area contributed by atoms with Crippen molar-refractivity contribution in [1.82, 2.24) is 0 Å². The second-order valence-electron chi connectivity index (χ2n) is 4.52. The zero-order chi connectivity index (χ0) is 12.1. The lowest BCUT2D eigenvalue weighted by Crippen LogP contribution is -1.81. The van der Waals surface area contributed by atoms with Crippen molar-refractivity contribution in [1.29, 1.82) is 0 Å². The summed E-state index contributed by atoms with van der Waals surface area (Å²) in [5.41, 5.74) is 8.43. The van der Waals surface area contributed by atoms with Crippen molar-refractivity contribution in [2.24, 2.45) is 0 Å². The van der Waals surface area contributed by atoms with E-state index in [0.29, 0.717) is 0 Å². The van der Waals surface area contributed by atoms with Gasteiger partial charge in [0.1, 0.15) is 11.2 Å². The highest BCUT2D eigenvalue weighted by Crippen LogP contribution is 2.34. The predicted octanol–water partition coefficient (Wildman–Crippen LogP) is 4.32. The van der Waals surface area contributed by atoms with Gasteiger partial charge in [-0.2, -0.15) is 0 Å². The first-order valence-electron chi connectivity index (χ1n) is 5.92. The van der Waals surface area contributed by atoms with E-state index in [0.717, 1.165) is 33.0 Å². The molecular formula is C16H11NO. The normalized spacial score (nSPS) is 11.6. The number of nitrogen functional groups attached to an aromatic ring is 1. The number of rotatable bonds is 0. The Morgan fingerprint density at radius 1 is 0.778 bits per heavy atom. The van der Waals surface area contributed by atoms with Crippen LogP contribution in [0.4, 0.5) is 5.69 Å². The highest BCUT2D eigenvalue weighted by Gasteiger charge is 2.09. The van der Waals surface area contributed by atoms with Crippen molar-refractivity contribution in [3.05, 3.63) is 54.6 Å². The average Bonchev–Trinajstić information content (AvgIpc) is 2.77. The van der Waals surface area contributed by atoms with Gasteiger partial charge in [-0.25, -0.2) is 0 Å². The van der Waals surface area contributed by atoms with E-state index in [1.54, 1.807) is 0 Å². The summed E-state index contributed by atoms with van der Waals surface area (Å²) in [6.07, 6.45) is 0. The summed E-state index contributed by atoms with van der Waals surface area (Å²) in [6.45, 7) is 0. The first-order chi connectivity index (χ1) is 8.83. The van der Waals surface area contributed by atoms with Crippen LogP contribution in [0.25, 0.3) is 32.7 Å². The van der Waals surface area contributed by atoms with E-state index in [9.17, 15) is 0 Å². The summed E-state index contributed by atoms with van der Waals surface area (Å²) in [6, 6.07) is 18.2. The molecule has 0 radical (unpaired) electrons. The van der Waals surface area contributed by atoms with Gasteiger partial charge in [0.25, 0.3) is 0 Å². The topological polar surface area (TPSA) is 39.2 Å². The average molecular weight is 233 g/mol. The second kappa shape index (κ2) is 3.26. The van der Waals surface area contributed by atoms with Crippen molar-refractivity contribution in [3.8, 4) is 0 Å². The van der Waals surface area contributed by atoms with Gasteiger partial charge in [0.2, 0.25) is 0 Å². The fourth-order valence-electron chi connectivity index (χ4n) is 2.52. The first kappa shape index (κ1) is 9.54. The Labute approximate surface area is 104 Å². The molecule has 0 fully saturated rings. The molecule has 0 aliphatic heterocycles. The van der Waals surface area contributed by atoms with Crippen molar-refractivity contribution in [2.45, 2.75) is 0 Å². The molecule has 0 spiro atoms. The predicted molar refractivity (Wildman–Crippen MR) is 75.6 cm³/mol. The molecule has 1 aromatic heterocycles. The summed E-state index contributed by atoms with van der Waals surface area (Å²) >= 11 is 0. The van der Waals surface area contributed by atoms with Crippen LogP contribution in [-0.2, 0) is 0 Å². The van der Waals surface area contributed by atoms with Gasteiger partial charge < -0.3 is 10.2 Å². The number of fused-ring (bicyclic) bond motifs is 5. The number of hydrogen-bond acceptors (Lipinski definition) is 2. The number of anilines is 1. The highest BCUT2D eigenvalue weighted by atomic mass is 16.3. The molecule has 18 heavy (non-hydrogen) atoms. The summed E-state index contributed by atoms with van der Waals surface area (Å²) in [5.74, 6) is 0. The number of nitrogens with two attached hydrogens (primary N) is 1. The number of furan rings is 1. The van der Waals surface area contributed by atoms with Crippen molar-refractivity contribution in [3.63, 3.8) is 0 Å². The van der Waals surface area contributed by atoms with Crippen LogP contribution in [-0.4, -0.2) is 0 Å². The molecule has 0 atom stereocenters. The van der Waals surface area contributed by atoms with Crippen LogP contribution in [0.5, 0.6) is 0 Å². The lowest BCUT2D eigenvalue weighted by molar-refractivity contribution is 0.673. The third-order valence-electron chi connectivity index (χ3n) is 3.39. The van der Waals surface area contributed by atoms with Crippen LogP contribution in [0.15, 0.2) is 59.0 Å². The Morgan fingerprint density at radius 2 is 1.67 bits per heavy atom. The Hall–Kier alpha value is -2.48. The standard InChI is InChI=1S/C16H11NO/c17-11-6-8-15-14(9-11)13-7-5-10-3-1-2-4-12(10)16(13)18-15/h1-9H,17H2. The maximum Gasteiger partial charge on any atom is 0.143 e. The van der Waals surface area contributed by atoms with Crippen LogP contribution < -0.4 is 5.73 Å². The van der Waals surface area contributed by atoms with E-state index in [2.05, 4.69) is 24.3 Å². The highest BCUT2D eigenvalue weighted by molar-refractivity contribution is 6.15. The largest absolute Gasteiger partial charge is 0.455 e. The SMILES string of the molecule is Nc1ccc2oc3c4ccccc4ccc3c2c1. The van der Waals surface area contributed by atoms with Gasteiger partial charge >= 0.3 is 0 Å². The maximum absolute atomic E-state index is 5.97. The molecular weight excluding hydrogens is 222 g/mol. The summed E-state index contributed by atoms with van der Waals surface area (Å²) in [5, 5.41) is 4.54. The zero-order valence-electron chi connectivity index (χ0n) is 9.68. The van der Waals surface area contributed by atoms with Crippen LogP contribution in [0.2, 0.25) is 0 Å². The molecule has 0 amide bonds. The zero-order valence-corrected chi connectivity index (χ0v) is 9.68. The smallest absolute Gasteiger partial charge is 0.143 e. The summed E-state index contributed by atoms with van der Waals surface area (Å²) in [7, 11) is 0. The van der Waals surface area contributed by atoms with Crippen LogP contribution in [0.3, 0.4) is 0 Å². The molecule has 2 heteroatoms. The first-order valence-corrected chi connectivity index (χ1v) is 5.92. The minimum atomic E-state index is 0.762. The molecule has 4 aromatic rings. The van der Waals surface area contributed by atoms with Crippen molar-refractivity contribution >= 4 is 38.4 Å². The molecule has 3 aromatic carbocycles. The third kappa shape index (κ3) is 1.17. The number of hydrogen-bond donors (Lipinski definition) is 1. The maximum atomic E-state index is 5.97. The van der Waals surface area contributed by atoms with E-state index < -0.39 is 0 Å². The molecule has 0 saturated carbocycles. The van der Waals surface area contributed by atoms with Gasteiger partial charge in [-0.1, -0.05) is 30.3 Å². The second-order valence-corrected chi connectivity index (χ2v) is 4.52. The molecule has 2 nitrogen and oxygen atoms in total. The van der Waals surface area contributed by atoms with Gasteiger partial charge in [-0.15, -0.1) is 0 Å². The molecule has 0 saturated heterocycles. The molecule has 86 valence electrons. The van der Waals surface area contributed by atoms with Gasteiger partial charge in [0.15, 0.2) is 0 Å². The van der Waals surface area contributed by atoms with Gasteiger partial charge in [-0.05, 0) is 29.7 Å². The van der Waals surface area contributed by atoms with Gasteiger partial charge in [0, 0.05) is 21.8 Å². The molecule has 0 unspecified atom stereocenters. The van der Waals surface area contributed by atoms with Crippen LogP contribution in [0, 0.1) is 0 Å². The summed E-state index contributed by atoms with van der Waals surface area (Å²) in [4.78, 5) is 0. The monoisotopic (exact) mass is 233 g/mol. The van der Waals surface area contributed by atoms with E-state index in [1.807, 2.05) is 30.3 Å². The fourth-order valence-corrected chi connectivity index (χ4v) is 2.52. The van der Waals surface area contributed by atoms with Crippen molar-refractivity contribution in [2.75, 3.05) is 5.73 Å².